The second-order valence-electron chi connectivity index (χ2n) is 6.24. The number of aliphatic carboxylic acids is 1. The summed E-state index contributed by atoms with van der Waals surface area (Å²) in [7, 11) is 0. The maximum absolute atomic E-state index is 12.3. The van der Waals surface area contributed by atoms with Crippen molar-refractivity contribution in [3.8, 4) is 0 Å². The number of likely N-dealkylation sites (tertiary alicyclic amines) is 1. The summed E-state index contributed by atoms with van der Waals surface area (Å²) in [5.74, 6) is -1.04. The number of benzene rings is 1. The number of carbonyl (C=O) groups is 2. The zero-order valence-electron chi connectivity index (χ0n) is 13.5. The van der Waals surface area contributed by atoms with Crippen molar-refractivity contribution in [1.29, 1.82) is 0 Å². The predicted molar refractivity (Wildman–Crippen MR) is 87.8 cm³/mol. The van der Waals surface area contributed by atoms with Gasteiger partial charge in [-0.25, -0.2) is 0 Å². The third kappa shape index (κ3) is 4.01. The van der Waals surface area contributed by atoms with Crippen LogP contribution in [0.2, 0.25) is 0 Å². The molecule has 2 N–H and O–H groups in total. The summed E-state index contributed by atoms with van der Waals surface area (Å²) in [4.78, 5) is 35.6. The Bertz CT molecular complexity index is 648. The van der Waals surface area contributed by atoms with Crippen molar-refractivity contribution >= 4 is 23.3 Å². The van der Waals surface area contributed by atoms with Gasteiger partial charge in [-0.05, 0) is 25.8 Å². The number of hydrogen-bond acceptors (Lipinski definition) is 5. The molecule has 0 aromatic heterocycles. The number of amides is 1. The first-order valence-corrected chi connectivity index (χ1v) is 7.82. The molecule has 8 heteroatoms. The molecule has 2 rings (SSSR count). The van der Waals surface area contributed by atoms with E-state index in [-0.39, 0.29) is 31.1 Å². The third-order valence-electron chi connectivity index (χ3n) is 4.32. The normalized spacial score (nSPS) is 20.5. The van der Waals surface area contributed by atoms with E-state index in [1.165, 1.54) is 6.07 Å². The van der Waals surface area contributed by atoms with Gasteiger partial charge in [0, 0.05) is 32.1 Å². The van der Waals surface area contributed by atoms with E-state index < -0.39 is 16.3 Å². The summed E-state index contributed by atoms with van der Waals surface area (Å²) >= 11 is 0. The Kier molecular flexibility index (Phi) is 5.38. The maximum atomic E-state index is 12.3. The van der Waals surface area contributed by atoms with Crippen molar-refractivity contribution in [3.05, 3.63) is 34.4 Å². The number of carboxylic acid groups (broad SMARTS) is 1. The molecule has 1 aromatic rings. The molecule has 0 spiro atoms. The van der Waals surface area contributed by atoms with Crippen LogP contribution in [0, 0.1) is 15.5 Å². The highest BCUT2D eigenvalue weighted by atomic mass is 16.6. The first-order chi connectivity index (χ1) is 11.3. The molecular formula is C16H21N3O5. The first kappa shape index (κ1) is 17.7. The average Bonchev–Trinajstić information content (AvgIpc) is 2.55. The second-order valence-corrected chi connectivity index (χ2v) is 6.24. The van der Waals surface area contributed by atoms with Gasteiger partial charge in [0.2, 0.25) is 5.91 Å². The fraction of sp³-hybridized carbons (Fsp3) is 0.500. The highest BCUT2D eigenvalue weighted by molar-refractivity contribution is 5.80. The Balaban J connectivity index is 1.90. The Morgan fingerprint density at radius 3 is 2.79 bits per heavy atom. The second kappa shape index (κ2) is 7.29. The van der Waals surface area contributed by atoms with Gasteiger partial charge in [-0.2, -0.15) is 0 Å². The molecule has 1 unspecified atom stereocenters. The lowest BCUT2D eigenvalue weighted by molar-refractivity contribution is -0.384. The fourth-order valence-electron chi connectivity index (χ4n) is 2.87. The molecule has 1 saturated heterocycles. The minimum absolute atomic E-state index is 0.0404. The number of nitrogens with zero attached hydrogens (tertiary/aromatic N) is 2. The number of nitro benzene ring substituents is 1. The van der Waals surface area contributed by atoms with E-state index in [9.17, 15) is 24.8 Å². The Labute approximate surface area is 139 Å². The number of rotatable bonds is 6. The van der Waals surface area contributed by atoms with Gasteiger partial charge in [-0.1, -0.05) is 12.1 Å². The van der Waals surface area contributed by atoms with Crippen molar-refractivity contribution < 1.29 is 19.6 Å². The smallest absolute Gasteiger partial charge is 0.311 e. The van der Waals surface area contributed by atoms with Crippen LogP contribution < -0.4 is 5.32 Å². The van der Waals surface area contributed by atoms with E-state index in [1.54, 1.807) is 30.0 Å². The van der Waals surface area contributed by atoms with Gasteiger partial charge < -0.3 is 15.3 Å². The van der Waals surface area contributed by atoms with Gasteiger partial charge in [0.15, 0.2) is 0 Å². The van der Waals surface area contributed by atoms with E-state index in [0.717, 1.165) is 0 Å². The zero-order chi connectivity index (χ0) is 17.7. The van der Waals surface area contributed by atoms with E-state index in [1.807, 2.05) is 0 Å². The highest BCUT2D eigenvalue weighted by Crippen LogP contribution is 2.30. The molecule has 0 radical (unpaired) electrons. The number of para-hydroxylation sites is 2. The molecule has 0 aliphatic carbocycles. The van der Waals surface area contributed by atoms with Gasteiger partial charge >= 0.3 is 5.97 Å². The monoisotopic (exact) mass is 335 g/mol. The molecule has 1 amide bonds. The zero-order valence-corrected chi connectivity index (χ0v) is 13.5. The maximum Gasteiger partial charge on any atom is 0.311 e. The molecule has 1 aromatic carbocycles. The molecule has 1 atom stereocenters. The van der Waals surface area contributed by atoms with Crippen LogP contribution in [-0.2, 0) is 9.59 Å². The molecule has 24 heavy (non-hydrogen) atoms. The molecular weight excluding hydrogens is 314 g/mol. The van der Waals surface area contributed by atoms with Crippen LogP contribution in [0.3, 0.4) is 0 Å². The van der Waals surface area contributed by atoms with Crippen molar-refractivity contribution in [2.24, 2.45) is 5.41 Å². The minimum Gasteiger partial charge on any atom is -0.481 e. The Morgan fingerprint density at radius 2 is 2.12 bits per heavy atom. The van der Waals surface area contributed by atoms with Crippen molar-refractivity contribution in [1.82, 2.24) is 4.90 Å². The van der Waals surface area contributed by atoms with Crippen LogP contribution in [0.5, 0.6) is 0 Å². The number of nitrogens with one attached hydrogen (secondary N) is 1. The molecule has 0 saturated carbocycles. The van der Waals surface area contributed by atoms with Crippen LogP contribution >= 0.6 is 0 Å². The van der Waals surface area contributed by atoms with Crippen LogP contribution in [0.4, 0.5) is 11.4 Å². The van der Waals surface area contributed by atoms with Gasteiger partial charge in [0.25, 0.3) is 5.69 Å². The summed E-state index contributed by atoms with van der Waals surface area (Å²) in [6.07, 6.45) is 1.37. The van der Waals surface area contributed by atoms with E-state index >= 15 is 0 Å². The Hall–Kier alpha value is -2.64. The fourth-order valence-corrected chi connectivity index (χ4v) is 2.87. The molecule has 1 aliphatic rings. The van der Waals surface area contributed by atoms with E-state index in [2.05, 4.69) is 5.32 Å². The van der Waals surface area contributed by atoms with Crippen LogP contribution in [0.15, 0.2) is 24.3 Å². The van der Waals surface area contributed by atoms with Crippen molar-refractivity contribution in [3.63, 3.8) is 0 Å². The van der Waals surface area contributed by atoms with E-state index in [4.69, 9.17) is 0 Å². The van der Waals surface area contributed by atoms with Crippen molar-refractivity contribution in [2.45, 2.75) is 26.2 Å². The SMILES string of the molecule is CC1(C(=O)O)CCCN(C(=O)CCNc2ccccc2[N+](=O)[O-])C1. The van der Waals surface area contributed by atoms with Crippen molar-refractivity contribution in [2.75, 3.05) is 25.0 Å². The van der Waals surface area contributed by atoms with E-state index in [0.29, 0.717) is 25.1 Å². The summed E-state index contributed by atoms with van der Waals surface area (Å²) in [5.41, 5.74) is -0.579. The number of piperidine rings is 1. The first-order valence-electron chi connectivity index (χ1n) is 7.82. The van der Waals surface area contributed by atoms with Gasteiger partial charge in [0.1, 0.15) is 5.69 Å². The highest BCUT2D eigenvalue weighted by Gasteiger charge is 2.39. The lowest BCUT2D eigenvalue weighted by Gasteiger charge is -2.37. The lowest BCUT2D eigenvalue weighted by atomic mass is 9.82. The molecule has 8 nitrogen and oxygen atoms in total. The standard InChI is InChI=1S/C16H21N3O5/c1-16(15(21)22)8-4-10-18(11-16)14(20)7-9-17-12-5-2-3-6-13(12)19(23)24/h2-3,5-6,17H,4,7-11H2,1H3,(H,21,22). The summed E-state index contributed by atoms with van der Waals surface area (Å²) in [6.45, 7) is 2.66. The Morgan fingerprint density at radius 1 is 1.42 bits per heavy atom. The predicted octanol–water partition coefficient (Wildman–Crippen LogP) is 2.11. The van der Waals surface area contributed by atoms with Gasteiger partial charge in [0.05, 0.1) is 10.3 Å². The third-order valence-corrected chi connectivity index (χ3v) is 4.32. The largest absolute Gasteiger partial charge is 0.481 e. The molecule has 1 aliphatic heterocycles. The number of carboxylic acids is 1. The number of carbonyl (C=O) groups excluding carboxylic acids is 1. The van der Waals surface area contributed by atoms with Crippen LogP contribution in [-0.4, -0.2) is 46.4 Å². The molecule has 1 heterocycles. The summed E-state index contributed by atoms with van der Waals surface area (Å²) in [5, 5.41) is 23.1. The minimum atomic E-state index is -0.903. The number of anilines is 1. The molecule has 130 valence electrons. The van der Waals surface area contributed by atoms with Crippen LogP contribution in [0.25, 0.3) is 0 Å². The van der Waals surface area contributed by atoms with Crippen LogP contribution in [0.1, 0.15) is 26.2 Å². The summed E-state index contributed by atoms with van der Waals surface area (Å²) < 4.78 is 0. The number of hydrogen-bond donors (Lipinski definition) is 2. The molecule has 1 fully saturated rings. The topological polar surface area (TPSA) is 113 Å². The average molecular weight is 335 g/mol. The number of nitro groups is 1. The molecule has 0 bridgehead atoms. The summed E-state index contributed by atoms with van der Waals surface area (Å²) in [6, 6.07) is 6.24. The lowest BCUT2D eigenvalue weighted by Crippen LogP contribution is -2.48. The van der Waals surface area contributed by atoms with Gasteiger partial charge in [-0.3, -0.25) is 19.7 Å². The van der Waals surface area contributed by atoms with Gasteiger partial charge in [-0.15, -0.1) is 0 Å². The quantitative estimate of drug-likeness (QED) is 0.608.